The average molecular weight is 289 g/mol. The first-order valence-corrected chi connectivity index (χ1v) is 7.44. The van der Waals surface area contributed by atoms with Crippen molar-refractivity contribution in [2.75, 3.05) is 12.4 Å². The van der Waals surface area contributed by atoms with Crippen LogP contribution in [-0.2, 0) is 16.0 Å². The maximum Gasteiger partial charge on any atom is 0.244 e. The molecule has 2 amide bonds. The fraction of sp³-hybridized carbons (Fsp3) is 0.500. The summed E-state index contributed by atoms with van der Waals surface area (Å²) < 4.78 is 0. The first-order valence-electron chi connectivity index (χ1n) is 7.44. The Hall–Kier alpha value is -1.88. The minimum Gasteiger partial charge on any atom is -0.359 e. The number of amides is 2. The zero-order valence-electron chi connectivity index (χ0n) is 12.4. The third-order valence-corrected chi connectivity index (χ3v) is 4.11. The third-order valence-electron chi connectivity index (χ3n) is 4.11. The van der Waals surface area contributed by atoms with Crippen molar-refractivity contribution in [1.29, 1.82) is 0 Å². The Morgan fingerprint density at radius 3 is 2.57 bits per heavy atom. The van der Waals surface area contributed by atoms with E-state index in [2.05, 4.69) is 10.6 Å². The van der Waals surface area contributed by atoms with Crippen LogP contribution in [0.4, 0.5) is 5.69 Å². The summed E-state index contributed by atoms with van der Waals surface area (Å²) in [6.07, 6.45) is 4.47. The molecule has 1 aliphatic carbocycles. The van der Waals surface area contributed by atoms with Gasteiger partial charge in [0.1, 0.15) is 0 Å². The van der Waals surface area contributed by atoms with Gasteiger partial charge in [0.15, 0.2) is 0 Å². The molecule has 1 saturated carbocycles. The highest BCUT2D eigenvalue weighted by atomic mass is 16.2. The van der Waals surface area contributed by atoms with E-state index in [9.17, 15) is 9.59 Å². The highest BCUT2D eigenvalue weighted by molar-refractivity contribution is 5.98. The summed E-state index contributed by atoms with van der Waals surface area (Å²) in [4.78, 5) is 23.7. The molecule has 0 unspecified atom stereocenters. The van der Waals surface area contributed by atoms with Gasteiger partial charge in [-0.1, -0.05) is 31.0 Å². The first kappa shape index (κ1) is 15.5. The van der Waals surface area contributed by atoms with E-state index in [4.69, 9.17) is 5.73 Å². The van der Waals surface area contributed by atoms with Crippen molar-refractivity contribution < 1.29 is 9.59 Å². The van der Waals surface area contributed by atoms with E-state index in [0.717, 1.165) is 36.9 Å². The van der Waals surface area contributed by atoms with Crippen LogP contribution in [0.1, 0.15) is 37.7 Å². The molecule has 5 heteroatoms. The lowest BCUT2D eigenvalue weighted by molar-refractivity contribution is -0.121. The van der Waals surface area contributed by atoms with Crippen LogP contribution in [0.15, 0.2) is 24.3 Å². The average Bonchev–Trinajstić information content (AvgIpc) is 2.94. The van der Waals surface area contributed by atoms with E-state index in [1.807, 2.05) is 24.3 Å². The van der Waals surface area contributed by atoms with Gasteiger partial charge < -0.3 is 16.4 Å². The lowest BCUT2D eigenvalue weighted by atomic mass is 9.97. The van der Waals surface area contributed by atoms with Crippen LogP contribution < -0.4 is 16.4 Å². The second-order valence-corrected chi connectivity index (χ2v) is 5.65. The van der Waals surface area contributed by atoms with E-state index in [-0.39, 0.29) is 11.8 Å². The minimum absolute atomic E-state index is 0.0118. The van der Waals surface area contributed by atoms with Gasteiger partial charge in [0, 0.05) is 19.2 Å². The molecule has 1 aliphatic rings. The van der Waals surface area contributed by atoms with Crippen LogP contribution in [0.3, 0.4) is 0 Å². The summed E-state index contributed by atoms with van der Waals surface area (Å²) >= 11 is 0. The van der Waals surface area contributed by atoms with Gasteiger partial charge in [0.2, 0.25) is 11.8 Å². The van der Waals surface area contributed by atoms with Crippen LogP contribution in [0.5, 0.6) is 0 Å². The monoisotopic (exact) mass is 289 g/mol. The standard InChI is InChI=1S/C16H23N3O2/c1-18-14(20)9-8-12-6-2-3-7-13(12)19-15(21)16(17)10-4-5-11-16/h2-3,6-7H,4-5,8-11,17H2,1H3,(H,18,20)(H,19,21). The minimum atomic E-state index is -0.742. The molecule has 0 atom stereocenters. The summed E-state index contributed by atoms with van der Waals surface area (Å²) in [5.74, 6) is -0.130. The van der Waals surface area contributed by atoms with Gasteiger partial charge in [-0.3, -0.25) is 9.59 Å². The molecule has 1 aromatic rings. The topological polar surface area (TPSA) is 84.2 Å². The highest BCUT2D eigenvalue weighted by Crippen LogP contribution is 2.29. The Morgan fingerprint density at radius 1 is 1.24 bits per heavy atom. The maximum absolute atomic E-state index is 12.4. The van der Waals surface area contributed by atoms with Crippen LogP contribution >= 0.6 is 0 Å². The zero-order valence-corrected chi connectivity index (χ0v) is 12.4. The molecular formula is C16H23N3O2. The molecule has 0 aliphatic heterocycles. The van der Waals surface area contributed by atoms with Crippen molar-refractivity contribution in [3.63, 3.8) is 0 Å². The van der Waals surface area contributed by atoms with E-state index in [1.165, 1.54) is 0 Å². The number of benzene rings is 1. The van der Waals surface area contributed by atoms with E-state index < -0.39 is 5.54 Å². The SMILES string of the molecule is CNC(=O)CCc1ccccc1NC(=O)C1(N)CCCC1. The molecule has 2 rings (SSSR count). The van der Waals surface area contributed by atoms with Crippen LogP contribution in [0.2, 0.25) is 0 Å². The molecule has 0 spiro atoms. The van der Waals surface area contributed by atoms with E-state index >= 15 is 0 Å². The quantitative estimate of drug-likeness (QED) is 0.769. The molecule has 1 fully saturated rings. The van der Waals surface area contributed by atoms with Gasteiger partial charge in [0.25, 0.3) is 0 Å². The molecule has 114 valence electrons. The normalized spacial score (nSPS) is 16.5. The first-order chi connectivity index (χ1) is 10.0. The highest BCUT2D eigenvalue weighted by Gasteiger charge is 2.37. The molecular weight excluding hydrogens is 266 g/mol. The molecule has 0 bridgehead atoms. The second kappa shape index (κ2) is 6.72. The number of nitrogens with one attached hydrogen (secondary N) is 2. The fourth-order valence-corrected chi connectivity index (χ4v) is 2.71. The Morgan fingerprint density at radius 2 is 1.90 bits per heavy atom. The van der Waals surface area contributed by atoms with Crippen molar-refractivity contribution in [3.8, 4) is 0 Å². The van der Waals surface area contributed by atoms with E-state index in [1.54, 1.807) is 7.05 Å². The lowest BCUT2D eigenvalue weighted by Gasteiger charge is -2.23. The summed E-state index contributed by atoms with van der Waals surface area (Å²) in [5.41, 5.74) is 7.13. The third kappa shape index (κ3) is 3.82. The lowest BCUT2D eigenvalue weighted by Crippen LogP contribution is -2.48. The van der Waals surface area contributed by atoms with Gasteiger partial charge >= 0.3 is 0 Å². The summed E-state index contributed by atoms with van der Waals surface area (Å²) in [6.45, 7) is 0. The number of hydrogen-bond acceptors (Lipinski definition) is 3. The number of hydrogen-bond donors (Lipinski definition) is 3. The number of carbonyl (C=O) groups excluding carboxylic acids is 2. The van der Waals surface area contributed by atoms with Gasteiger partial charge in [-0.25, -0.2) is 0 Å². The molecule has 0 radical (unpaired) electrons. The van der Waals surface area contributed by atoms with Crippen molar-refractivity contribution in [2.45, 2.75) is 44.1 Å². The second-order valence-electron chi connectivity index (χ2n) is 5.65. The number of rotatable bonds is 5. The fourth-order valence-electron chi connectivity index (χ4n) is 2.71. The number of aryl methyl sites for hydroxylation is 1. The zero-order chi connectivity index (χ0) is 15.3. The Bertz CT molecular complexity index is 522. The van der Waals surface area contributed by atoms with Crippen LogP contribution in [-0.4, -0.2) is 24.4 Å². The van der Waals surface area contributed by atoms with Crippen LogP contribution in [0.25, 0.3) is 0 Å². The van der Waals surface area contributed by atoms with Gasteiger partial charge in [0.05, 0.1) is 5.54 Å². The predicted molar refractivity (Wildman–Crippen MR) is 82.8 cm³/mol. The number of para-hydroxylation sites is 1. The number of carbonyl (C=O) groups is 2. The molecule has 1 aromatic carbocycles. The van der Waals surface area contributed by atoms with Crippen LogP contribution in [0, 0.1) is 0 Å². The molecule has 0 aromatic heterocycles. The molecule has 21 heavy (non-hydrogen) atoms. The Balaban J connectivity index is 2.05. The predicted octanol–water partition coefficient (Wildman–Crippen LogP) is 1.58. The Labute approximate surface area is 125 Å². The van der Waals surface area contributed by atoms with Crippen molar-refractivity contribution >= 4 is 17.5 Å². The van der Waals surface area contributed by atoms with E-state index in [0.29, 0.717) is 12.8 Å². The van der Waals surface area contributed by atoms with Gasteiger partial charge in [-0.05, 0) is 30.9 Å². The van der Waals surface area contributed by atoms with Gasteiger partial charge in [-0.2, -0.15) is 0 Å². The Kier molecular flexibility index (Phi) is 4.96. The largest absolute Gasteiger partial charge is 0.359 e. The molecule has 0 heterocycles. The summed E-state index contributed by atoms with van der Waals surface area (Å²) in [7, 11) is 1.62. The maximum atomic E-state index is 12.4. The van der Waals surface area contributed by atoms with Gasteiger partial charge in [-0.15, -0.1) is 0 Å². The number of nitrogens with two attached hydrogens (primary N) is 1. The molecule has 5 nitrogen and oxygen atoms in total. The molecule has 4 N–H and O–H groups in total. The summed E-state index contributed by atoms with van der Waals surface area (Å²) in [6, 6.07) is 7.56. The van der Waals surface area contributed by atoms with Crippen molar-refractivity contribution in [3.05, 3.63) is 29.8 Å². The number of anilines is 1. The summed E-state index contributed by atoms with van der Waals surface area (Å²) in [5, 5.41) is 5.54. The van der Waals surface area contributed by atoms with Crippen molar-refractivity contribution in [1.82, 2.24) is 5.32 Å². The molecule has 0 saturated heterocycles. The smallest absolute Gasteiger partial charge is 0.244 e. The van der Waals surface area contributed by atoms with Crippen molar-refractivity contribution in [2.24, 2.45) is 5.73 Å².